The Morgan fingerprint density at radius 2 is 2.15 bits per heavy atom. The Labute approximate surface area is 81.1 Å². The minimum Gasteiger partial charge on any atom is -0.308 e. The predicted octanol–water partition coefficient (Wildman–Crippen LogP) is 2.51. The molecule has 0 atom stereocenters. The molecular formula is C11H20N2. The average molecular weight is 180 g/mol. The lowest BCUT2D eigenvalue weighted by Gasteiger charge is -2.22. The van der Waals surface area contributed by atoms with Crippen LogP contribution in [0.4, 0.5) is 0 Å². The molecule has 74 valence electrons. The van der Waals surface area contributed by atoms with Gasteiger partial charge in [-0.05, 0) is 19.8 Å². The van der Waals surface area contributed by atoms with Crippen molar-refractivity contribution in [3.05, 3.63) is 12.3 Å². The zero-order chi connectivity index (χ0) is 9.52. The second-order valence-electron chi connectivity index (χ2n) is 3.67. The lowest BCUT2D eigenvalue weighted by atomic mass is 9.95. The third-order valence-corrected chi connectivity index (χ3v) is 2.51. The van der Waals surface area contributed by atoms with Crippen molar-refractivity contribution in [1.82, 2.24) is 5.32 Å². The molecule has 0 radical (unpaired) electrons. The van der Waals surface area contributed by atoms with Gasteiger partial charge in [-0.25, -0.2) is 0 Å². The minimum atomic E-state index is 0.706. The van der Waals surface area contributed by atoms with Crippen LogP contribution in [0.1, 0.15) is 39.0 Å². The Balaban J connectivity index is 2.13. The van der Waals surface area contributed by atoms with Gasteiger partial charge in [-0.15, -0.1) is 0 Å². The fraction of sp³-hybridized carbons (Fsp3) is 0.727. The van der Waals surface area contributed by atoms with Crippen LogP contribution in [0.5, 0.6) is 0 Å². The lowest BCUT2D eigenvalue weighted by Crippen LogP contribution is -2.32. The van der Waals surface area contributed by atoms with Gasteiger partial charge in [0.1, 0.15) is 0 Å². The normalized spacial score (nSPS) is 19.5. The van der Waals surface area contributed by atoms with Crippen molar-refractivity contribution in [3.8, 4) is 0 Å². The van der Waals surface area contributed by atoms with Gasteiger partial charge < -0.3 is 5.32 Å². The van der Waals surface area contributed by atoms with Gasteiger partial charge in [-0.3, -0.25) is 4.99 Å². The molecule has 0 aliphatic heterocycles. The van der Waals surface area contributed by atoms with Gasteiger partial charge in [0.15, 0.2) is 0 Å². The van der Waals surface area contributed by atoms with Crippen molar-refractivity contribution in [1.29, 1.82) is 0 Å². The van der Waals surface area contributed by atoms with Gasteiger partial charge in [-0.1, -0.05) is 25.8 Å². The third-order valence-electron chi connectivity index (χ3n) is 2.51. The van der Waals surface area contributed by atoms with E-state index in [4.69, 9.17) is 0 Å². The summed E-state index contributed by atoms with van der Waals surface area (Å²) in [6, 6.07) is 0.706. The molecule has 0 bridgehead atoms. The largest absolute Gasteiger partial charge is 0.308 e. The van der Waals surface area contributed by atoms with E-state index >= 15 is 0 Å². The molecule has 0 amide bonds. The quantitative estimate of drug-likeness (QED) is 0.660. The van der Waals surface area contributed by atoms with Crippen LogP contribution < -0.4 is 5.32 Å². The van der Waals surface area contributed by atoms with Crippen LogP contribution in [0.25, 0.3) is 0 Å². The number of nitrogens with one attached hydrogen (secondary N) is 1. The SMILES string of the molecule is C=C(CNC1CCCCC1)/N=C\C. The molecule has 0 aromatic carbocycles. The highest BCUT2D eigenvalue weighted by molar-refractivity contribution is 5.55. The van der Waals surface area contributed by atoms with E-state index in [1.165, 1.54) is 32.1 Å². The van der Waals surface area contributed by atoms with Crippen LogP contribution in [0, 0.1) is 0 Å². The number of hydrogen-bond acceptors (Lipinski definition) is 2. The third kappa shape index (κ3) is 4.23. The molecule has 1 aliphatic carbocycles. The molecule has 0 unspecified atom stereocenters. The molecule has 0 spiro atoms. The Morgan fingerprint density at radius 1 is 1.46 bits per heavy atom. The van der Waals surface area contributed by atoms with E-state index in [1.54, 1.807) is 6.21 Å². The van der Waals surface area contributed by atoms with Gasteiger partial charge in [0.05, 0.1) is 0 Å². The van der Waals surface area contributed by atoms with Gasteiger partial charge >= 0.3 is 0 Å². The fourth-order valence-electron chi connectivity index (χ4n) is 1.80. The summed E-state index contributed by atoms with van der Waals surface area (Å²) in [7, 11) is 0. The smallest absolute Gasteiger partial charge is 0.0466 e. The first kappa shape index (κ1) is 10.5. The van der Waals surface area contributed by atoms with Crippen LogP contribution in [0.3, 0.4) is 0 Å². The molecule has 0 aromatic heterocycles. The summed E-state index contributed by atoms with van der Waals surface area (Å²) in [5.41, 5.74) is 0.938. The molecule has 1 aliphatic rings. The van der Waals surface area contributed by atoms with Crippen LogP contribution in [0.15, 0.2) is 17.3 Å². The Bertz CT molecular complexity index is 179. The summed E-state index contributed by atoms with van der Waals surface area (Å²) in [5.74, 6) is 0. The van der Waals surface area contributed by atoms with E-state index in [1.807, 2.05) is 6.92 Å². The van der Waals surface area contributed by atoms with E-state index < -0.39 is 0 Å². The van der Waals surface area contributed by atoms with Gasteiger partial charge in [0.2, 0.25) is 0 Å². The first-order chi connectivity index (χ1) is 6.33. The summed E-state index contributed by atoms with van der Waals surface area (Å²) < 4.78 is 0. The fourth-order valence-corrected chi connectivity index (χ4v) is 1.80. The van der Waals surface area contributed by atoms with E-state index in [-0.39, 0.29) is 0 Å². The maximum absolute atomic E-state index is 4.13. The van der Waals surface area contributed by atoms with E-state index in [0.29, 0.717) is 6.04 Å². The lowest BCUT2D eigenvalue weighted by molar-refractivity contribution is 0.382. The van der Waals surface area contributed by atoms with Crippen molar-refractivity contribution in [2.75, 3.05) is 6.54 Å². The molecule has 0 heterocycles. The molecule has 0 aromatic rings. The van der Waals surface area contributed by atoms with Crippen molar-refractivity contribution in [3.63, 3.8) is 0 Å². The monoisotopic (exact) mass is 180 g/mol. The zero-order valence-electron chi connectivity index (χ0n) is 8.55. The second kappa shape index (κ2) is 5.92. The number of rotatable bonds is 4. The van der Waals surface area contributed by atoms with Crippen LogP contribution in [-0.4, -0.2) is 18.8 Å². The minimum absolute atomic E-state index is 0.706. The first-order valence-corrected chi connectivity index (χ1v) is 5.22. The molecule has 0 saturated heterocycles. The van der Waals surface area contributed by atoms with Crippen LogP contribution >= 0.6 is 0 Å². The van der Waals surface area contributed by atoms with E-state index in [2.05, 4.69) is 16.9 Å². The standard InChI is InChI=1S/C11H20N2/c1-3-12-10(2)9-13-11-7-5-4-6-8-11/h3,11,13H,2,4-9H2,1H3/b12-3-. The zero-order valence-corrected chi connectivity index (χ0v) is 8.55. The molecular weight excluding hydrogens is 160 g/mol. The molecule has 1 fully saturated rings. The average Bonchev–Trinajstić information content (AvgIpc) is 2.17. The topological polar surface area (TPSA) is 24.4 Å². The maximum Gasteiger partial charge on any atom is 0.0466 e. The molecule has 2 nitrogen and oxygen atoms in total. The molecule has 2 heteroatoms. The van der Waals surface area contributed by atoms with Gasteiger partial charge in [0, 0.05) is 24.5 Å². The van der Waals surface area contributed by atoms with Crippen molar-refractivity contribution < 1.29 is 0 Å². The van der Waals surface area contributed by atoms with Crippen molar-refractivity contribution in [2.24, 2.45) is 4.99 Å². The highest BCUT2D eigenvalue weighted by atomic mass is 14.9. The molecule has 1 N–H and O–H groups in total. The highest BCUT2D eigenvalue weighted by Crippen LogP contribution is 2.17. The Kier molecular flexibility index (Phi) is 4.76. The van der Waals surface area contributed by atoms with E-state index in [0.717, 1.165) is 12.2 Å². The summed E-state index contributed by atoms with van der Waals surface area (Å²) in [4.78, 5) is 4.13. The Hall–Kier alpha value is -0.630. The van der Waals surface area contributed by atoms with Crippen molar-refractivity contribution >= 4 is 6.21 Å². The molecule has 1 rings (SSSR count). The van der Waals surface area contributed by atoms with Crippen LogP contribution in [-0.2, 0) is 0 Å². The summed E-state index contributed by atoms with van der Waals surface area (Å²) in [5, 5.41) is 3.49. The number of aliphatic imine (C=N–C) groups is 1. The predicted molar refractivity (Wildman–Crippen MR) is 58.2 cm³/mol. The van der Waals surface area contributed by atoms with Crippen molar-refractivity contribution in [2.45, 2.75) is 45.1 Å². The summed E-state index contributed by atoms with van der Waals surface area (Å²) >= 11 is 0. The van der Waals surface area contributed by atoms with E-state index in [9.17, 15) is 0 Å². The van der Waals surface area contributed by atoms with Gasteiger partial charge in [0.25, 0.3) is 0 Å². The second-order valence-corrected chi connectivity index (χ2v) is 3.67. The number of nitrogens with zero attached hydrogens (tertiary/aromatic N) is 1. The summed E-state index contributed by atoms with van der Waals surface area (Å²) in [6.45, 7) is 6.63. The molecule has 1 saturated carbocycles. The molecule has 13 heavy (non-hydrogen) atoms. The Morgan fingerprint density at radius 3 is 2.77 bits per heavy atom. The first-order valence-electron chi connectivity index (χ1n) is 5.22. The maximum atomic E-state index is 4.13. The summed E-state index contributed by atoms with van der Waals surface area (Å²) in [6.07, 6.45) is 8.60. The van der Waals surface area contributed by atoms with Crippen LogP contribution in [0.2, 0.25) is 0 Å². The van der Waals surface area contributed by atoms with Gasteiger partial charge in [-0.2, -0.15) is 0 Å². The highest BCUT2D eigenvalue weighted by Gasteiger charge is 2.11. The number of hydrogen-bond donors (Lipinski definition) is 1.